The van der Waals surface area contributed by atoms with Crippen LogP contribution in [0.1, 0.15) is 38.8 Å². The Bertz CT molecular complexity index is 1170. The molecule has 3 heterocycles. The summed E-state index contributed by atoms with van der Waals surface area (Å²) in [6.45, 7) is 0. The summed E-state index contributed by atoms with van der Waals surface area (Å²) in [6, 6.07) is 11.9. The fourth-order valence-electron chi connectivity index (χ4n) is 3.42. The van der Waals surface area contributed by atoms with Crippen molar-refractivity contribution in [1.82, 2.24) is 19.6 Å². The van der Waals surface area contributed by atoms with Crippen molar-refractivity contribution in [2.75, 3.05) is 0 Å². The minimum atomic E-state index is 0.123. The second-order valence-corrected chi connectivity index (χ2v) is 9.06. The van der Waals surface area contributed by atoms with Crippen LogP contribution >= 0.6 is 34.7 Å². The molecule has 0 amide bonds. The largest absolute Gasteiger partial charge is 0.294 e. The number of thioether (sulfide) groups is 1. The Kier molecular flexibility index (Phi) is 4.66. The minimum Gasteiger partial charge on any atom is -0.294 e. The van der Waals surface area contributed by atoms with Crippen LogP contribution in [0.2, 0.25) is 5.02 Å². The average Bonchev–Trinajstić information content (AvgIpc) is 3.34. The molecule has 0 fully saturated rings. The van der Waals surface area contributed by atoms with Gasteiger partial charge in [-0.1, -0.05) is 41.6 Å². The van der Waals surface area contributed by atoms with Crippen molar-refractivity contribution < 1.29 is 4.79 Å². The predicted octanol–water partition coefficient (Wildman–Crippen LogP) is 5.04. The molecule has 8 heteroatoms. The molecule has 1 atom stereocenters. The normalized spacial score (nSPS) is 16.5. The molecule has 1 aliphatic carbocycles. The summed E-state index contributed by atoms with van der Waals surface area (Å²) < 4.78 is 1.61. The van der Waals surface area contributed by atoms with Crippen molar-refractivity contribution in [3.63, 3.8) is 0 Å². The Morgan fingerprint density at radius 3 is 2.96 bits per heavy atom. The number of carbonyl (C=O) groups is 1. The van der Waals surface area contributed by atoms with Gasteiger partial charge in [-0.25, -0.2) is 9.50 Å². The molecular formula is C20H15ClN4OS2. The monoisotopic (exact) mass is 426 g/mol. The van der Waals surface area contributed by atoms with Gasteiger partial charge in [0.05, 0.1) is 11.3 Å². The Morgan fingerprint density at radius 1 is 1.21 bits per heavy atom. The quantitative estimate of drug-likeness (QED) is 0.427. The van der Waals surface area contributed by atoms with E-state index in [-0.39, 0.29) is 11.7 Å². The van der Waals surface area contributed by atoms with Crippen LogP contribution in [0, 0.1) is 0 Å². The van der Waals surface area contributed by atoms with E-state index in [1.54, 1.807) is 22.0 Å². The van der Waals surface area contributed by atoms with E-state index in [0.29, 0.717) is 27.9 Å². The summed E-state index contributed by atoms with van der Waals surface area (Å²) in [5.74, 6) is 1.58. The van der Waals surface area contributed by atoms with Gasteiger partial charge in [0.2, 0.25) is 5.16 Å². The highest BCUT2D eigenvalue weighted by molar-refractivity contribution is 7.98. The molecule has 0 saturated heterocycles. The average molecular weight is 427 g/mol. The summed E-state index contributed by atoms with van der Waals surface area (Å²) >= 11 is 9.26. The Labute approximate surface area is 174 Å². The molecule has 0 N–H and O–H groups in total. The molecule has 140 valence electrons. The number of ketones is 1. The summed E-state index contributed by atoms with van der Waals surface area (Å²) in [5, 5.41) is 7.89. The van der Waals surface area contributed by atoms with Gasteiger partial charge >= 0.3 is 0 Å². The molecule has 0 unspecified atom stereocenters. The number of fused-ring (bicyclic) bond motifs is 2. The fraction of sp³-hybridized carbons (Fsp3) is 0.200. The van der Waals surface area contributed by atoms with Gasteiger partial charge in [0, 0.05) is 34.2 Å². The molecule has 0 saturated carbocycles. The van der Waals surface area contributed by atoms with Crippen molar-refractivity contribution in [3.8, 4) is 0 Å². The second-order valence-electron chi connectivity index (χ2n) is 6.70. The summed E-state index contributed by atoms with van der Waals surface area (Å²) in [4.78, 5) is 23.1. The third kappa shape index (κ3) is 3.45. The fourth-order valence-corrected chi connectivity index (χ4v) is 5.24. The third-order valence-electron chi connectivity index (χ3n) is 4.77. The molecule has 0 aliphatic heterocycles. The van der Waals surface area contributed by atoms with E-state index >= 15 is 0 Å². The summed E-state index contributed by atoms with van der Waals surface area (Å²) in [5.41, 5.74) is 2.59. The zero-order chi connectivity index (χ0) is 19.1. The number of rotatable bonds is 4. The zero-order valence-corrected chi connectivity index (χ0v) is 17.1. The van der Waals surface area contributed by atoms with Gasteiger partial charge in [-0.2, -0.15) is 4.98 Å². The number of halogens is 1. The third-order valence-corrected chi connectivity index (χ3v) is 6.94. The molecular weight excluding hydrogens is 412 g/mol. The van der Waals surface area contributed by atoms with E-state index in [1.807, 2.05) is 35.7 Å². The molecule has 5 nitrogen and oxygen atoms in total. The molecule has 1 aliphatic rings. The van der Waals surface area contributed by atoms with E-state index in [2.05, 4.69) is 21.1 Å². The van der Waals surface area contributed by atoms with Crippen molar-refractivity contribution in [3.05, 3.63) is 74.7 Å². The molecule has 5 rings (SSSR count). The highest BCUT2D eigenvalue weighted by atomic mass is 35.5. The molecule has 0 bridgehead atoms. The van der Waals surface area contributed by atoms with Crippen molar-refractivity contribution in [2.45, 2.75) is 29.7 Å². The maximum absolute atomic E-state index is 12.7. The maximum Gasteiger partial charge on any atom is 0.253 e. The molecule has 0 spiro atoms. The van der Waals surface area contributed by atoms with Crippen LogP contribution in [0.15, 0.2) is 53.1 Å². The topological polar surface area (TPSA) is 60.2 Å². The number of carbonyl (C=O) groups excluding carboxylic acids is 1. The SMILES string of the molecule is O=C1C[C@@H](c2cccs2)Cc2nc3nc(SCc4cccc(Cl)c4)nn3cc21. The van der Waals surface area contributed by atoms with Crippen LogP contribution in [-0.4, -0.2) is 25.4 Å². The summed E-state index contributed by atoms with van der Waals surface area (Å²) in [6.07, 6.45) is 3.06. The van der Waals surface area contributed by atoms with Gasteiger partial charge in [-0.3, -0.25) is 4.79 Å². The lowest BCUT2D eigenvalue weighted by molar-refractivity contribution is 0.0963. The number of nitrogens with zero attached hydrogens (tertiary/aromatic N) is 4. The predicted molar refractivity (Wildman–Crippen MR) is 112 cm³/mol. The highest BCUT2D eigenvalue weighted by Crippen LogP contribution is 2.34. The first-order valence-corrected chi connectivity index (χ1v) is 11.1. The van der Waals surface area contributed by atoms with Crippen molar-refractivity contribution >= 4 is 46.3 Å². The van der Waals surface area contributed by atoms with Gasteiger partial charge < -0.3 is 0 Å². The molecule has 4 aromatic rings. The van der Waals surface area contributed by atoms with Crippen molar-refractivity contribution in [2.24, 2.45) is 0 Å². The van der Waals surface area contributed by atoms with E-state index in [1.165, 1.54) is 16.6 Å². The first-order chi connectivity index (χ1) is 13.7. The number of benzene rings is 1. The Hall–Kier alpha value is -2.22. The lowest BCUT2D eigenvalue weighted by atomic mass is 9.86. The standard InChI is InChI=1S/C20H15ClN4OS2/c21-14-4-1-3-12(7-14)11-28-20-23-19-22-16-8-13(18-5-2-6-27-18)9-17(26)15(16)10-25(19)24-20/h1-7,10,13H,8-9,11H2/t13-/m0/s1. The van der Waals surface area contributed by atoms with Crippen molar-refractivity contribution in [1.29, 1.82) is 0 Å². The molecule has 28 heavy (non-hydrogen) atoms. The maximum atomic E-state index is 12.7. The van der Waals surface area contributed by atoms with Crippen LogP contribution in [-0.2, 0) is 12.2 Å². The van der Waals surface area contributed by atoms with Crippen LogP contribution in [0.4, 0.5) is 0 Å². The van der Waals surface area contributed by atoms with Gasteiger partial charge in [-0.05, 0) is 35.6 Å². The highest BCUT2D eigenvalue weighted by Gasteiger charge is 2.29. The first-order valence-electron chi connectivity index (χ1n) is 8.86. The van der Waals surface area contributed by atoms with Gasteiger partial charge in [-0.15, -0.1) is 16.4 Å². The molecule has 0 radical (unpaired) electrons. The Morgan fingerprint density at radius 2 is 2.14 bits per heavy atom. The second kappa shape index (κ2) is 7.31. The van der Waals surface area contributed by atoms with Crippen LogP contribution in [0.3, 0.4) is 0 Å². The van der Waals surface area contributed by atoms with Gasteiger partial charge in [0.25, 0.3) is 5.78 Å². The number of aromatic nitrogens is 4. The van der Waals surface area contributed by atoms with Crippen LogP contribution < -0.4 is 0 Å². The Balaban J connectivity index is 1.41. The number of thiophene rings is 1. The first kappa shape index (κ1) is 17.8. The van der Waals surface area contributed by atoms with E-state index in [0.717, 1.165) is 23.4 Å². The van der Waals surface area contributed by atoms with Gasteiger partial charge in [0.15, 0.2) is 5.78 Å². The minimum absolute atomic E-state index is 0.123. The van der Waals surface area contributed by atoms with E-state index < -0.39 is 0 Å². The lowest BCUT2D eigenvalue weighted by Crippen LogP contribution is -2.20. The number of hydrogen-bond donors (Lipinski definition) is 0. The van der Waals surface area contributed by atoms with E-state index in [4.69, 9.17) is 11.6 Å². The lowest BCUT2D eigenvalue weighted by Gasteiger charge is -2.21. The smallest absolute Gasteiger partial charge is 0.253 e. The number of hydrogen-bond acceptors (Lipinski definition) is 6. The summed E-state index contributed by atoms with van der Waals surface area (Å²) in [7, 11) is 0. The van der Waals surface area contributed by atoms with Crippen LogP contribution in [0.25, 0.3) is 5.78 Å². The molecule has 1 aromatic carbocycles. The zero-order valence-electron chi connectivity index (χ0n) is 14.7. The number of Topliss-reactive ketones (excluding diaryl/α,β-unsaturated/α-hetero) is 1. The van der Waals surface area contributed by atoms with E-state index in [9.17, 15) is 4.79 Å². The molecule has 3 aromatic heterocycles. The van der Waals surface area contributed by atoms with Crippen LogP contribution in [0.5, 0.6) is 0 Å². The van der Waals surface area contributed by atoms with Gasteiger partial charge in [0.1, 0.15) is 0 Å².